The highest BCUT2D eigenvalue weighted by atomic mass is 19.1. The number of nitrogens with zero attached hydrogens (tertiary/aromatic N) is 6. The summed E-state index contributed by atoms with van der Waals surface area (Å²) in [5.41, 5.74) is 1.41. The van der Waals surface area contributed by atoms with Crippen LogP contribution in [-0.4, -0.2) is 69.0 Å². The minimum absolute atomic E-state index is 0.206. The van der Waals surface area contributed by atoms with Gasteiger partial charge in [0.15, 0.2) is 11.5 Å². The fourth-order valence-corrected chi connectivity index (χ4v) is 4.53. The molecule has 2 aliphatic heterocycles. The van der Waals surface area contributed by atoms with Crippen molar-refractivity contribution in [3.05, 3.63) is 41.7 Å². The first-order chi connectivity index (χ1) is 15.5. The Kier molecular flexibility index (Phi) is 5.38. The molecule has 2 aliphatic rings. The molecule has 1 unspecified atom stereocenters. The molecule has 32 heavy (non-hydrogen) atoms. The lowest BCUT2D eigenvalue weighted by atomic mass is 10.1. The molecule has 0 spiro atoms. The fraction of sp³-hybridized carbons (Fsp3) is 0.455. The molecule has 3 aromatic rings. The van der Waals surface area contributed by atoms with E-state index in [1.54, 1.807) is 23.7 Å². The normalized spacial score (nSPS) is 18.7. The van der Waals surface area contributed by atoms with Crippen LogP contribution in [0.1, 0.15) is 35.8 Å². The Morgan fingerprint density at radius 2 is 2.16 bits per heavy atom. The summed E-state index contributed by atoms with van der Waals surface area (Å²) >= 11 is 0. The van der Waals surface area contributed by atoms with Crippen LogP contribution < -0.4 is 15.0 Å². The van der Waals surface area contributed by atoms with Gasteiger partial charge >= 0.3 is 0 Å². The van der Waals surface area contributed by atoms with E-state index in [1.807, 2.05) is 6.92 Å². The summed E-state index contributed by atoms with van der Waals surface area (Å²) in [4.78, 5) is 30.8. The highest BCUT2D eigenvalue weighted by Gasteiger charge is 2.32. The van der Waals surface area contributed by atoms with Crippen LogP contribution in [0.3, 0.4) is 0 Å². The fourth-order valence-electron chi connectivity index (χ4n) is 4.53. The third-order valence-electron chi connectivity index (χ3n) is 6.02. The first-order valence-electron chi connectivity index (χ1n) is 11.0. The number of ether oxygens (including phenoxy) is 1. The third kappa shape index (κ3) is 3.86. The predicted octanol–water partition coefficient (Wildman–Crippen LogP) is 2.51. The van der Waals surface area contributed by atoms with E-state index in [9.17, 15) is 9.18 Å². The Labute approximate surface area is 185 Å². The summed E-state index contributed by atoms with van der Waals surface area (Å²) in [6, 6.07) is 1.78. The number of aryl methyl sites for hydroxylation is 1. The number of nitrogens with one attached hydrogen (secondary N) is 1. The summed E-state index contributed by atoms with van der Waals surface area (Å²) in [6.45, 7) is 7.85. The van der Waals surface area contributed by atoms with E-state index in [0.29, 0.717) is 30.0 Å². The minimum Gasteiger partial charge on any atom is -0.477 e. The van der Waals surface area contributed by atoms with E-state index in [0.717, 1.165) is 26.2 Å². The number of carbonyl (C=O) groups is 1. The number of carbonyl (C=O) groups excluding carboxylic acids is 1. The summed E-state index contributed by atoms with van der Waals surface area (Å²) in [5.74, 6) is -0.184. The van der Waals surface area contributed by atoms with Crippen molar-refractivity contribution in [2.45, 2.75) is 32.7 Å². The van der Waals surface area contributed by atoms with Gasteiger partial charge in [-0.25, -0.2) is 14.4 Å². The van der Waals surface area contributed by atoms with E-state index < -0.39 is 11.7 Å². The monoisotopic (exact) mass is 439 g/mol. The van der Waals surface area contributed by atoms with Crippen molar-refractivity contribution in [1.82, 2.24) is 24.3 Å². The van der Waals surface area contributed by atoms with Crippen LogP contribution >= 0.6 is 0 Å². The van der Waals surface area contributed by atoms with E-state index in [4.69, 9.17) is 4.74 Å². The lowest BCUT2D eigenvalue weighted by Gasteiger charge is -2.37. The van der Waals surface area contributed by atoms with Gasteiger partial charge in [0.2, 0.25) is 11.8 Å². The van der Waals surface area contributed by atoms with Gasteiger partial charge in [-0.05, 0) is 33.2 Å². The molecule has 1 atom stereocenters. The number of halogens is 1. The number of imidazole rings is 1. The molecule has 2 saturated heterocycles. The molecule has 5 rings (SSSR count). The first kappa shape index (κ1) is 20.6. The molecule has 2 fully saturated rings. The number of piperazine rings is 1. The van der Waals surface area contributed by atoms with Crippen LogP contribution in [0.2, 0.25) is 0 Å². The molecule has 1 amide bonds. The zero-order valence-corrected chi connectivity index (χ0v) is 18.2. The van der Waals surface area contributed by atoms with Gasteiger partial charge in [0.05, 0.1) is 18.0 Å². The molecule has 0 radical (unpaired) electrons. The number of hydrogen-bond donors (Lipinski definition) is 1. The van der Waals surface area contributed by atoms with Gasteiger partial charge in [0.25, 0.3) is 5.91 Å². The smallest absolute Gasteiger partial charge is 0.262 e. The number of hydrogen-bond acceptors (Lipinski definition) is 7. The van der Waals surface area contributed by atoms with Gasteiger partial charge in [-0.3, -0.25) is 9.69 Å². The number of fused-ring (bicyclic) bond motifs is 2. The second kappa shape index (κ2) is 8.34. The van der Waals surface area contributed by atoms with Gasteiger partial charge in [-0.1, -0.05) is 0 Å². The second-order valence-corrected chi connectivity index (χ2v) is 8.24. The molecule has 5 heterocycles. The van der Waals surface area contributed by atoms with Crippen LogP contribution in [-0.2, 0) is 0 Å². The quantitative estimate of drug-likeness (QED) is 0.654. The van der Waals surface area contributed by atoms with Crippen LogP contribution in [0, 0.1) is 12.7 Å². The molecule has 10 heteroatoms. The molecular formula is C22H26FN7O2. The molecular weight excluding hydrogens is 413 g/mol. The molecule has 0 aliphatic carbocycles. The van der Waals surface area contributed by atoms with Crippen molar-refractivity contribution < 1.29 is 13.9 Å². The largest absolute Gasteiger partial charge is 0.477 e. The highest BCUT2D eigenvalue weighted by molar-refractivity contribution is 6.05. The number of amides is 1. The van der Waals surface area contributed by atoms with E-state index in [-0.39, 0.29) is 17.1 Å². The number of rotatable bonds is 5. The molecule has 1 N–H and O–H groups in total. The molecule has 0 bridgehead atoms. The topological polar surface area (TPSA) is 87.9 Å². The van der Waals surface area contributed by atoms with Crippen LogP contribution in [0.25, 0.3) is 5.65 Å². The maximum absolute atomic E-state index is 14.4. The Morgan fingerprint density at radius 1 is 1.28 bits per heavy atom. The Balaban J connectivity index is 1.38. The Bertz CT molecular complexity index is 1160. The highest BCUT2D eigenvalue weighted by Crippen LogP contribution is 2.26. The van der Waals surface area contributed by atoms with Crippen molar-refractivity contribution in [2.24, 2.45) is 0 Å². The summed E-state index contributed by atoms with van der Waals surface area (Å²) in [5, 5.41) is 2.72. The van der Waals surface area contributed by atoms with Crippen LogP contribution in [0.15, 0.2) is 24.7 Å². The SMILES string of the molecule is CCOc1nc(N2CCN3CCCC3C2)ncc1C(=O)Nc1cc(F)c2nc(C)cn2c1. The van der Waals surface area contributed by atoms with Gasteiger partial charge < -0.3 is 19.4 Å². The first-order valence-corrected chi connectivity index (χ1v) is 11.0. The van der Waals surface area contributed by atoms with Gasteiger partial charge in [0.1, 0.15) is 5.56 Å². The zero-order chi connectivity index (χ0) is 22.2. The average Bonchev–Trinajstić information content (AvgIpc) is 3.39. The van der Waals surface area contributed by atoms with E-state index >= 15 is 0 Å². The molecule has 0 aromatic carbocycles. The van der Waals surface area contributed by atoms with Crippen molar-refractivity contribution in [2.75, 3.05) is 43.0 Å². The number of pyridine rings is 1. The minimum atomic E-state index is -0.515. The van der Waals surface area contributed by atoms with Gasteiger partial charge in [-0.2, -0.15) is 4.98 Å². The molecule has 0 saturated carbocycles. The van der Waals surface area contributed by atoms with Gasteiger partial charge in [-0.15, -0.1) is 0 Å². The van der Waals surface area contributed by atoms with E-state index in [1.165, 1.54) is 25.1 Å². The molecule has 9 nitrogen and oxygen atoms in total. The average molecular weight is 439 g/mol. The van der Waals surface area contributed by atoms with Gasteiger partial charge in [0, 0.05) is 50.3 Å². The Hall–Kier alpha value is -3.27. The van der Waals surface area contributed by atoms with Crippen molar-refractivity contribution in [1.29, 1.82) is 0 Å². The lowest BCUT2D eigenvalue weighted by molar-refractivity contribution is 0.102. The van der Waals surface area contributed by atoms with Crippen molar-refractivity contribution in [3.8, 4) is 5.88 Å². The summed E-state index contributed by atoms with van der Waals surface area (Å²) < 4.78 is 21.6. The lowest BCUT2D eigenvalue weighted by Crippen LogP contribution is -2.50. The molecule has 168 valence electrons. The zero-order valence-electron chi connectivity index (χ0n) is 18.2. The third-order valence-corrected chi connectivity index (χ3v) is 6.02. The number of anilines is 2. The van der Waals surface area contributed by atoms with Crippen LogP contribution in [0.5, 0.6) is 5.88 Å². The second-order valence-electron chi connectivity index (χ2n) is 8.24. The maximum Gasteiger partial charge on any atom is 0.262 e. The van der Waals surface area contributed by atoms with E-state index in [2.05, 4.69) is 30.1 Å². The predicted molar refractivity (Wildman–Crippen MR) is 118 cm³/mol. The summed E-state index contributed by atoms with van der Waals surface area (Å²) in [6.07, 6.45) is 7.22. The van der Waals surface area contributed by atoms with Crippen LogP contribution in [0.4, 0.5) is 16.0 Å². The number of aromatic nitrogens is 4. The van der Waals surface area contributed by atoms with Crippen molar-refractivity contribution in [3.63, 3.8) is 0 Å². The standard InChI is InChI=1S/C22H26FN7O2/c1-3-32-21-17(10-24-22(27-21)29-8-7-28-6-4-5-16(28)13-29)20(31)26-15-9-18(23)19-25-14(2)11-30(19)12-15/h9-12,16H,3-8,13H2,1-2H3,(H,26,31). The van der Waals surface area contributed by atoms with Crippen molar-refractivity contribution >= 4 is 23.2 Å². The summed E-state index contributed by atoms with van der Waals surface area (Å²) in [7, 11) is 0. The Morgan fingerprint density at radius 3 is 3.00 bits per heavy atom. The molecule has 3 aromatic heterocycles. The maximum atomic E-state index is 14.4.